The summed E-state index contributed by atoms with van der Waals surface area (Å²) in [7, 11) is 0. The van der Waals surface area contributed by atoms with Crippen molar-refractivity contribution >= 4 is 11.6 Å². The molecule has 0 aliphatic rings. The van der Waals surface area contributed by atoms with Crippen molar-refractivity contribution in [2.24, 2.45) is 5.11 Å². The summed E-state index contributed by atoms with van der Waals surface area (Å²) in [4.78, 5) is 2.65. The summed E-state index contributed by atoms with van der Waals surface area (Å²) < 4.78 is 0. The molecule has 0 aliphatic carbocycles. The second-order valence-electron chi connectivity index (χ2n) is 2.84. The van der Waals surface area contributed by atoms with Gasteiger partial charge in [0.05, 0.1) is 0 Å². The predicted octanol–water partition coefficient (Wildman–Crippen LogP) is 3.48. The molecule has 15 heavy (non-hydrogen) atoms. The first-order valence-corrected chi connectivity index (χ1v) is 5.05. The van der Waals surface area contributed by atoms with E-state index < -0.39 is 0 Å². The minimum atomic E-state index is 0.420. The first-order valence-electron chi connectivity index (χ1n) is 4.51. The molecule has 0 saturated carbocycles. The zero-order chi connectivity index (χ0) is 10.9. The average Bonchev–Trinajstić information content (AvgIpc) is 2.30. The Balaban J connectivity index is 2.52. The van der Waals surface area contributed by atoms with Crippen molar-refractivity contribution in [2.45, 2.75) is 12.3 Å². The van der Waals surface area contributed by atoms with E-state index >= 15 is 0 Å². The molecule has 1 aromatic carbocycles. The molecule has 0 aliphatic heterocycles. The molecule has 4 heteroatoms. The number of benzene rings is 1. The lowest BCUT2D eigenvalue weighted by Gasteiger charge is -1.93. The third kappa shape index (κ3) is 4.42. The van der Waals surface area contributed by atoms with Gasteiger partial charge in [-0.3, -0.25) is 0 Å². The maximum absolute atomic E-state index is 8.04. The fourth-order valence-corrected chi connectivity index (χ4v) is 1.17. The molecular weight excluding hydrogens is 210 g/mol. The lowest BCUT2D eigenvalue weighted by molar-refractivity contribution is 1.01. The van der Waals surface area contributed by atoms with Crippen LogP contribution in [0.4, 0.5) is 0 Å². The molecule has 0 bridgehead atoms. The van der Waals surface area contributed by atoms with E-state index in [2.05, 4.69) is 21.9 Å². The van der Waals surface area contributed by atoms with Crippen molar-refractivity contribution in [3.8, 4) is 11.8 Å². The number of nitrogens with zero attached hydrogens (tertiary/aromatic N) is 3. The maximum atomic E-state index is 8.04. The molecular formula is C11H10ClN3. The number of halogens is 1. The van der Waals surface area contributed by atoms with E-state index in [1.54, 1.807) is 0 Å². The van der Waals surface area contributed by atoms with E-state index in [-0.39, 0.29) is 0 Å². The first-order chi connectivity index (χ1) is 7.36. The summed E-state index contributed by atoms with van der Waals surface area (Å²) in [5.74, 6) is 6.42. The van der Waals surface area contributed by atoms with Crippen LogP contribution in [-0.4, -0.2) is 6.54 Å². The van der Waals surface area contributed by atoms with Gasteiger partial charge in [0.2, 0.25) is 0 Å². The molecule has 0 spiro atoms. The second kappa shape index (κ2) is 6.78. The van der Waals surface area contributed by atoms with Gasteiger partial charge >= 0.3 is 0 Å². The Hall–Kier alpha value is -1.62. The Morgan fingerprint density at radius 2 is 2.07 bits per heavy atom. The zero-order valence-electron chi connectivity index (χ0n) is 8.15. The lowest BCUT2D eigenvalue weighted by Crippen LogP contribution is -1.79. The van der Waals surface area contributed by atoms with Gasteiger partial charge in [-0.25, -0.2) is 0 Å². The number of hydrogen-bond acceptors (Lipinski definition) is 1. The van der Waals surface area contributed by atoms with Crippen molar-refractivity contribution in [1.29, 1.82) is 0 Å². The van der Waals surface area contributed by atoms with Crippen LogP contribution in [0.2, 0.25) is 0 Å². The fraction of sp³-hybridized carbons (Fsp3) is 0.273. The molecule has 0 heterocycles. The number of rotatable bonds is 3. The Bertz CT molecular complexity index is 408. The summed E-state index contributed by atoms with van der Waals surface area (Å²) in [6, 6.07) is 7.76. The third-order valence-electron chi connectivity index (χ3n) is 1.74. The minimum Gasteiger partial charge on any atom is -0.122 e. The largest absolute Gasteiger partial charge is 0.122 e. The summed E-state index contributed by atoms with van der Waals surface area (Å²) in [6.07, 6.45) is 0.585. The highest BCUT2D eigenvalue weighted by molar-refractivity contribution is 6.17. The van der Waals surface area contributed by atoms with Gasteiger partial charge in [0.1, 0.15) is 0 Å². The van der Waals surface area contributed by atoms with Crippen LogP contribution >= 0.6 is 11.6 Å². The summed E-state index contributed by atoms with van der Waals surface area (Å²) in [5, 5.41) is 3.39. The summed E-state index contributed by atoms with van der Waals surface area (Å²) in [6.45, 7) is 0.420. The molecule has 0 saturated heterocycles. The van der Waals surface area contributed by atoms with Gasteiger partial charge in [-0.05, 0) is 23.2 Å². The maximum Gasteiger partial charge on any atom is 0.0474 e. The van der Waals surface area contributed by atoms with Gasteiger partial charge in [-0.15, -0.1) is 11.6 Å². The monoisotopic (exact) mass is 219 g/mol. The number of alkyl halides is 1. The Morgan fingerprint density at radius 3 is 2.67 bits per heavy atom. The molecule has 1 rings (SSSR count). The summed E-state index contributed by atoms with van der Waals surface area (Å²) in [5.41, 5.74) is 10.1. The second-order valence-corrected chi connectivity index (χ2v) is 3.10. The normalized spacial score (nSPS) is 8.60. The van der Waals surface area contributed by atoms with Crippen LogP contribution in [0.3, 0.4) is 0 Å². The quantitative estimate of drug-likeness (QED) is 0.187. The van der Waals surface area contributed by atoms with E-state index in [1.165, 1.54) is 0 Å². The van der Waals surface area contributed by atoms with E-state index in [0.29, 0.717) is 18.8 Å². The topological polar surface area (TPSA) is 48.8 Å². The van der Waals surface area contributed by atoms with Crippen molar-refractivity contribution in [3.63, 3.8) is 0 Å². The standard InChI is InChI=1S/C11H10ClN3/c12-9-11-6-4-10(5-7-11)3-1-2-8-14-15-13/h4-7H,2,8-9H2. The van der Waals surface area contributed by atoms with Crippen molar-refractivity contribution in [1.82, 2.24) is 0 Å². The zero-order valence-corrected chi connectivity index (χ0v) is 8.91. The van der Waals surface area contributed by atoms with Gasteiger partial charge in [0.25, 0.3) is 0 Å². The highest BCUT2D eigenvalue weighted by Crippen LogP contribution is 2.05. The molecule has 0 unspecified atom stereocenters. The fourth-order valence-electron chi connectivity index (χ4n) is 0.992. The Morgan fingerprint density at radius 1 is 1.33 bits per heavy atom. The summed E-state index contributed by atoms with van der Waals surface area (Å²) >= 11 is 5.66. The van der Waals surface area contributed by atoms with Gasteiger partial charge < -0.3 is 0 Å². The van der Waals surface area contributed by atoms with Crippen LogP contribution < -0.4 is 0 Å². The van der Waals surface area contributed by atoms with E-state index in [1.807, 2.05) is 24.3 Å². The molecule has 3 nitrogen and oxygen atoms in total. The highest BCUT2D eigenvalue weighted by Gasteiger charge is 1.89. The van der Waals surface area contributed by atoms with Crippen LogP contribution in [0, 0.1) is 11.8 Å². The van der Waals surface area contributed by atoms with Crippen molar-refractivity contribution < 1.29 is 0 Å². The van der Waals surface area contributed by atoms with E-state index in [9.17, 15) is 0 Å². The molecule has 0 atom stereocenters. The van der Waals surface area contributed by atoms with Gasteiger partial charge in [0.15, 0.2) is 0 Å². The first kappa shape index (κ1) is 11.5. The SMILES string of the molecule is [N-]=[N+]=NCCC#Cc1ccc(CCl)cc1. The molecule has 76 valence electrons. The molecule has 0 fully saturated rings. The number of hydrogen-bond donors (Lipinski definition) is 0. The van der Waals surface area contributed by atoms with Gasteiger partial charge in [-0.1, -0.05) is 29.1 Å². The third-order valence-corrected chi connectivity index (χ3v) is 2.05. The molecule has 0 N–H and O–H groups in total. The van der Waals surface area contributed by atoms with Crippen LogP contribution in [-0.2, 0) is 5.88 Å². The molecule has 0 radical (unpaired) electrons. The highest BCUT2D eigenvalue weighted by atomic mass is 35.5. The van der Waals surface area contributed by atoms with E-state index in [0.717, 1.165) is 11.1 Å². The van der Waals surface area contributed by atoms with Crippen LogP contribution in [0.25, 0.3) is 10.4 Å². The molecule has 0 aromatic heterocycles. The van der Waals surface area contributed by atoms with Crippen LogP contribution in [0.1, 0.15) is 17.5 Å². The average molecular weight is 220 g/mol. The van der Waals surface area contributed by atoms with Crippen molar-refractivity contribution in [2.75, 3.05) is 6.54 Å². The van der Waals surface area contributed by atoms with Crippen LogP contribution in [0.15, 0.2) is 29.4 Å². The number of azide groups is 1. The minimum absolute atomic E-state index is 0.420. The molecule has 0 amide bonds. The predicted molar refractivity (Wildman–Crippen MR) is 61.5 cm³/mol. The van der Waals surface area contributed by atoms with Gasteiger partial charge in [0, 0.05) is 29.3 Å². The Labute approximate surface area is 93.7 Å². The smallest absolute Gasteiger partial charge is 0.0474 e. The molecule has 1 aromatic rings. The van der Waals surface area contributed by atoms with Gasteiger partial charge in [-0.2, -0.15) is 0 Å². The lowest BCUT2D eigenvalue weighted by atomic mass is 10.1. The Kier molecular flexibility index (Phi) is 5.18. The van der Waals surface area contributed by atoms with Crippen LogP contribution in [0.5, 0.6) is 0 Å². The van der Waals surface area contributed by atoms with Crippen molar-refractivity contribution in [3.05, 3.63) is 45.8 Å². The van der Waals surface area contributed by atoms with E-state index in [4.69, 9.17) is 17.1 Å².